The number of fused-ring (bicyclic) bond motifs is 1. The van der Waals surface area contributed by atoms with Gasteiger partial charge in [-0.3, -0.25) is 9.59 Å². The van der Waals surface area contributed by atoms with Crippen molar-refractivity contribution in [2.24, 2.45) is 11.8 Å². The zero-order valence-electron chi connectivity index (χ0n) is 11.8. The molecule has 5 heteroatoms. The number of hydrogen-bond donors (Lipinski definition) is 0. The Bertz CT molecular complexity index is 561. The van der Waals surface area contributed by atoms with Crippen molar-refractivity contribution in [1.29, 1.82) is 0 Å². The number of carbonyl (C=O) groups is 2. The number of nitrogens with zero attached hydrogens (tertiary/aromatic N) is 1. The molecule has 0 aromatic heterocycles. The van der Waals surface area contributed by atoms with Crippen LogP contribution in [-0.2, 0) is 16.0 Å². The maximum atomic E-state index is 12.7. The third-order valence-corrected chi connectivity index (χ3v) is 7.26. The first kappa shape index (κ1) is 15.2. The molecule has 0 N–H and O–H groups in total. The Hall–Kier alpha value is -0.680. The molecule has 1 heterocycles. The molecule has 3 rings (SSSR count). The molecule has 0 radical (unpaired) electrons. The SMILES string of the molecule is CCc1ccccc1N1C(=O)[C@H]2C[C@H](Br)[C@@H](Br)C[C@H]2C1=O. The molecule has 1 aromatic rings. The number of rotatable bonds is 2. The number of anilines is 1. The molecule has 1 aliphatic heterocycles. The van der Waals surface area contributed by atoms with Crippen molar-refractivity contribution in [2.75, 3.05) is 4.90 Å². The molecule has 1 aromatic carbocycles. The molecule has 3 nitrogen and oxygen atoms in total. The highest BCUT2D eigenvalue weighted by Crippen LogP contribution is 2.44. The average Bonchev–Trinajstić information content (AvgIpc) is 2.71. The lowest BCUT2D eigenvalue weighted by Crippen LogP contribution is -2.34. The minimum Gasteiger partial charge on any atom is -0.274 e. The summed E-state index contributed by atoms with van der Waals surface area (Å²) in [7, 11) is 0. The van der Waals surface area contributed by atoms with Gasteiger partial charge in [-0.2, -0.15) is 0 Å². The molecule has 2 aliphatic rings. The van der Waals surface area contributed by atoms with Gasteiger partial charge in [0.05, 0.1) is 17.5 Å². The van der Waals surface area contributed by atoms with E-state index in [2.05, 4.69) is 31.9 Å². The van der Waals surface area contributed by atoms with Crippen LogP contribution >= 0.6 is 31.9 Å². The van der Waals surface area contributed by atoms with Gasteiger partial charge in [-0.15, -0.1) is 0 Å². The van der Waals surface area contributed by atoms with Crippen LogP contribution in [-0.4, -0.2) is 21.5 Å². The summed E-state index contributed by atoms with van der Waals surface area (Å²) in [4.78, 5) is 27.4. The zero-order valence-corrected chi connectivity index (χ0v) is 14.9. The van der Waals surface area contributed by atoms with Crippen LogP contribution in [0.4, 0.5) is 5.69 Å². The molecule has 1 saturated heterocycles. The first-order chi connectivity index (χ1) is 10.0. The van der Waals surface area contributed by atoms with Gasteiger partial charge in [-0.05, 0) is 30.9 Å². The summed E-state index contributed by atoms with van der Waals surface area (Å²) >= 11 is 7.23. The van der Waals surface area contributed by atoms with E-state index >= 15 is 0 Å². The lowest BCUT2D eigenvalue weighted by atomic mass is 9.81. The van der Waals surface area contributed by atoms with E-state index in [0.29, 0.717) is 0 Å². The number of hydrogen-bond acceptors (Lipinski definition) is 2. The quantitative estimate of drug-likeness (QED) is 0.546. The molecule has 112 valence electrons. The van der Waals surface area contributed by atoms with Crippen LogP contribution < -0.4 is 4.90 Å². The molecule has 1 aliphatic carbocycles. The van der Waals surface area contributed by atoms with E-state index in [1.165, 1.54) is 4.90 Å². The fourth-order valence-corrected chi connectivity index (χ4v) is 4.60. The van der Waals surface area contributed by atoms with Crippen LogP contribution in [0.5, 0.6) is 0 Å². The highest BCUT2D eigenvalue weighted by atomic mass is 79.9. The smallest absolute Gasteiger partial charge is 0.237 e. The number of benzene rings is 1. The van der Waals surface area contributed by atoms with Gasteiger partial charge in [0.1, 0.15) is 0 Å². The third-order valence-electron chi connectivity index (χ3n) is 4.52. The number of halogens is 2. The standard InChI is InChI=1S/C16H17Br2NO2/c1-2-9-5-3-4-6-14(9)19-15(20)10-7-12(17)13(18)8-11(10)16(19)21/h3-6,10-13H,2,7-8H2,1H3/t10-,11+,12-,13-/m0/s1. The third kappa shape index (κ3) is 2.48. The molecular formula is C16H17Br2NO2. The Balaban J connectivity index is 1.98. The molecule has 2 amide bonds. The summed E-state index contributed by atoms with van der Waals surface area (Å²) < 4.78 is 0. The number of alkyl halides is 2. The number of aryl methyl sites for hydroxylation is 1. The highest BCUT2D eigenvalue weighted by molar-refractivity contribution is 9.12. The van der Waals surface area contributed by atoms with Gasteiger partial charge >= 0.3 is 0 Å². The lowest BCUT2D eigenvalue weighted by molar-refractivity contribution is -0.122. The van der Waals surface area contributed by atoms with Crippen molar-refractivity contribution >= 4 is 49.4 Å². The topological polar surface area (TPSA) is 37.4 Å². The van der Waals surface area contributed by atoms with Crippen molar-refractivity contribution in [2.45, 2.75) is 35.8 Å². The summed E-state index contributed by atoms with van der Waals surface area (Å²) in [5.74, 6) is -0.425. The highest BCUT2D eigenvalue weighted by Gasteiger charge is 2.52. The van der Waals surface area contributed by atoms with Crippen molar-refractivity contribution in [3.63, 3.8) is 0 Å². The molecule has 21 heavy (non-hydrogen) atoms. The summed E-state index contributed by atoms with van der Waals surface area (Å²) in [5, 5.41) is 0. The minimum absolute atomic E-state index is 0.0326. The first-order valence-electron chi connectivity index (χ1n) is 7.28. The van der Waals surface area contributed by atoms with Crippen molar-refractivity contribution in [1.82, 2.24) is 0 Å². The maximum Gasteiger partial charge on any atom is 0.237 e. The Labute approximate surface area is 141 Å². The van der Waals surface area contributed by atoms with Crippen LogP contribution in [0.1, 0.15) is 25.3 Å². The fourth-order valence-electron chi connectivity index (χ4n) is 3.36. The number of amides is 2. The fraction of sp³-hybridized carbons (Fsp3) is 0.500. The monoisotopic (exact) mass is 413 g/mol. The second kappa shape index (κ2) is 5.84. The summed E-state index contributed by atoms with van der Waals surface area (Å²) in [6.07, 6.45) is 2.25. The van der Waals surface area contributed by atoms with E-state index < -0.39 is 0 Å². The molecule has 0 bridgehead atoms. The largest absolute Gasteiger partial charge is 0.274 e. The Morgan fingerprint density at radius 2 is 1.57 bits per heavy atom. The second-order valence-electron chi connectivity index (χ2n) is 5.71. The van der Waals surface area contributed by atoms with Crippen LogP contribution in [0.2, 0.25) is 0 Å². The first-order valence-corrected chi connectivity index (χ1v) is 9.11. The number of para-hydroxylation sites is 1. The second-order valence-corrected chi connectivity index (χ2v) is 8.06. The summed E-state index contributed by atoms with van der Waals surface area (Å²) in [5.41, 5.74) is 1.81. The molecule has 1 saturated carbocycles. The number of carbonyl (C=O) groups excluding carboxylic acids is 2. The predicted octanol–water partition coefficient (Wildman–Crippen LogP) is 3.68. The summed E-state index contributed by atoms with van der Waals surface area (Å²) in [6.45, 7) is 2.04. The van der Waals surface area contributed by atoms with Crippen molar-refractivity contribution in [3.05, 3.63) is 29.8 Å². The molecule has 4 atom stereocenters. The number of imide groups is 1. The van der Waals surface area contributed by atoms with Crippen LogP contribution in [0.15, 0.2) is 24.3 Å². The Morgan fingerprint density at radius 1 is 1.05 bits per heavy atom. The van der Waals surface area contributed by atoms with E-state index in [0.717, 1.165) is 30.5 Å². The van der Waals surface area contributed by atoms with E-state index in [1.807, 2.05) is 31.2 Å². The minimum atomic E-state index is -0.180. The Morgan fingerprint density at radius 3 is 2.10 bits per heavy atom. The molecular weight excluding hydrogens is 398 g/mol. The zero-order chi connectivity index (χ0) is 15.1. The Kier molecular flexibility index (Phi) is 4.23. The lowest BCUT2D eigenvalue weighted by Gasteiger charge is -2.29. The van der Waals surface area contributed by atoms with Gasteiger partial charge in [-0.25, -0.2) is 4.90 Å². The van der Waals surface area contributed by atoms with Crippen LogP contribution in [0.25, 0.3) is 0 Å². The van der Waals surface area contributed by atoms with Gasteiger partial charge in [0.2, 0.25) is 11.8 Å². The van der Waals surface area contributed by atoms with Gasteiger partial charge in [0, 0.05) is 9.65 Å². The van der Waals surface area contributed by atoms with Crippen molar-refractivity contribution < 1.29 is 9.59 Å². The molecule has 0 spiro atoms. The van der Waals surface area contributed by atoms with Gasteiger partial charge in [0.25, 0.3) is 0 Å². The maximum absolute atomic E-state index is 12.7. The molecule has 2 fully saturated rings. The van der Waals surface area contributed by atoms with Crippen molar-refractivity contribution in [3.8, 4) is 0 Å². The summed E-state index contributed by atoms with van der Waals surface area (Å²) in [6, 6.07) is 7.70. The van der Waals surface area contributed by atoms with E-state index in [9.17, 15) is 9.59 Å². The van der Waals surface area contributed by atoms with E-state index in [-0.39, 0.29) is 33.3 Å². The van der Waals surface area contributed by atoms with Gasteiger partial charge in [0.15, 0.2) is 0 Å². The average molecular weight is 415 g/mol. The van der Waals surface area contributed by atoms with E-state index in [4.69, 9.17) is 0 Å². The predicted molar refractivity (Wildman–Crippen MR) is 90.0 cm³/mol. The van der Waals surface area contributed by atoms with Crippen LogP contribution in [0.3, 0.4) is 0 Å². The van der Waals surface area contributed by atoms with Gasteiger partial charge in [-0.1, -0.05) is 57.0 Å². The van der Waals surface area contributed by atoms with Crippen LogP contribution in [0, 0.1) is 11.8 Å². The van der Waals surface area contributed by atoms with Gasteiger partial charge < -0.3 is 0 Å². The molecule has 0 unspecified atom stereocenters. The van der Waals surface area contributed by atoms with E-state index in [1.54, 1.807) is 0 Å². The normalized spacial score (nSPS) is 32.4.